The Morgan fingerprint density at radius 1 is 1.14 bits per heavy atom. The number of hydrogen-bond acceptors (Lipinski definition) is 2. The number of carbonyl (C=O) groups is 1. The maximum Gasteiger partial charge on any atom is 0.265 e. The summed E-state index contributed by atoms with van der Waals surface area (Å²) in [4.78, 5) is 12.3. The number of ether oxygens (including phenoxy) is 1. The van der Waals surface area contributed by atoms with Crippen LogP contribution in [0.1, 0.15) is 18.9 Å². The fraction of sp³-hybridized carbons (Fsp3) is 0.235. The molecule has 0 fully saturated rings. The number of benzene rings is 2. The van der Waals surface area contributed by atoms with E-state index in [1.807, 2.05) is 62.4 Å². The molecular weight excluding hydrogens is 377 g/mol. The minimum atomic E-state index is -0.494. The highest BCUT2D eigenvalue weighted by molar-refractivity contribution is 14.1. The molecule has 2 aromatic rings. The van der Waals surface area contributed by atoms with Crippen LogP contribution in [0.4, 0.5) is 5.69 Å². The van der Waals surface area contributed by atoms with E-state index in [0.29, 0.717) is 12.2 Å². The summed E-state index contributed by atoms with van der Waals surface area (Å²) in [5.74, 6) is 0.587. The summed E-state index contributed by atoms with van der Waals surface area (Å²) in [6.45, 7) is 3.96. The number of rotatable bonds is 5. The second kappa shape index (κ2) is 7.45. The second-order valence-corrected chi connectivity index (χ2v) is 6.07. The van der Waals surface area contributed by atoms with Gasteiger partial charge in [0.2, 0.25) is 0 Å². The van der Waals surface area contributed by atoms with Crippen molar-refractivity contribution in [2.45, 2.75) is 26.4 Å². The van der Waals surface area contributed by atoms with E-state index in [2.05, 4.69) is 27.9 Å². The van der Waals surface area contributed by atoms with Gasteiger partial charge in [-0.25, -0.2) is 0 Å². The fourth-order valence-corrected chi connectivity index (χ4v) is 2.22. The van der Waals surface area contributed by atoms with Gasteiger partial charge in [0.25, 0.3) is 5.91 Å². The van der Waals surface area contributed by atoms with Gasteiger partial charge in [-0.3, -0.25) is 4.79 Å². The van der Waals surface area contributed by atoms with Gasteiger partial charge in [0.1, 0.15) is 5.75 Å². The normalized spacial score (nSPS) is 11.8. The molecule has 1 amide bonds. The zero-order valence-electron chi connectivity index (χ0n) is 12.1. The molecule has 4 heteroatoms. The number of carbonyl (C=O) groups excluding carboxylic acids is 1. The van der Waals surface area contributed by atoms with Crippen LogP contribution in [0, 0.1) is 10.5 Å². The summed E-state index contributed by atoms with van der Waals surface area (Å²) in [6.07, 6.45) is 0.122. The van der Waals surface area contributed by atoms with Crippen molar-refractivity contribution in [1.82, 2.24) is 0 Å². The lowest BCUT2D eigenvalue weighted by Gasteiger charge is -2.17. The molecule has 110 valence electrons. The number of amides is 1. The van der Waals surface area contributed by atoms with E-state index < -0.39 is 6.10 Å². The van der Waals surface area contributed by atoms with Gasteiger partial charge in [-0.15, -0.1) is 0 Å². The van der Waals surface area contributed by atoms with E-state index in [1.54, 1.807) is 0 Å². The molecule has 0 bridgehead atoms. The lowest BCUT2D eigenvalue weighted by molar-refractivity contribution is -0.122. The Labute approximate surface area is 138 Å². The van der Waals surface area contributed by atoms with Crippen LogP contribution >= 0.6 is 22.6 Å². The van der Waals surface area contributed by atoms with Crippen molar-refractivity contribution in [2.24, 2.45) is 0 Å². The van der Waals surface area contributed by atoms with Crippen molar-refractivity contribution in [2.75, 3.05) is 5.32 Å². The maximum absolute atomic E-state index is 12.3. The minimum Gasteiger partial charge on any atom is -0.481 e. The van der Waals surface area contributed by atoms with E-state index >= 15 is 0 Å². The topological polar surface area (TPSA) is 38.3 Å². The van der Waals surface area contributed by atoms with Gasteiger partial charge < -0.3 is 10.1 Å². The second-order valence-electron chi connectivity index (χ2n) is 4.82. The first-order valence-corrected chi connectivity index (χ1v) is 7.96. The van der Waals surface area contributed by atoms with Gasteiger partial charge in [-0.2, -0.15) is 0 Å². The van der Waals surface area contributed by atoms with Crippen molar-refractivity contribution >= 4 is 34.2 Å². The largest absolute Gasteiger partial charge is 0.481 e. The van der Waals surface area contributed by atoms with E-state index in [-0.39, 0.29) is 5.91 Å². The number of hydrogen-bond donors (Lipinski definition) is 1. The molecule has 21 heavy (non-hydrogen) atoms. The minimum absolute atomic E-state index is 0.126. The molecule has 0 saturated heterocycles. The molecule has 0 unspecified atom stereocenters. The molecule has 1 N–H and O–H groups in total. The lowest BCUT2D eigenvalue weighted by Crippen LogP contribution is -2.32. The Kier molecular flexibility index (Phi) is 5.61. The molecule has 3 nitrogen and oxygen atoms in total. The van der Waals surface area contributed by atoms with Gasteiger partial charge in [-0.05, 0) is 72.3 Å². The molecule has 0 aromatic heterocycles. The average Bonchev–Trinajstić information content (AvgIpc) is 2.49. The fourth-order valence-electron chi connectivity index (χ4n) is 1.86. The Morgan fingerprint density at radius 2 is 1.76 bits per heavy atom. The standard InChI is InChI=1S/C17H18INO2/c1-3-16(21-15-10-4-12(2)5-11-15)17(20)19-14-8-6-13(18)7-9-14/h4-11,16H,3H2,1-2H3,(H,19,20)/t16-/m1/s1. The number of anilines is 1. The molecule has 0 heterocycles. The van der Waals surface area contributed by atoms with Crippen molar-refractivity contribution in [1.29, 1.82) is 0 Å². The van der Waals surface area contributed by atoms with Crippen LogP contribution in [0.5, 0.6) is 5.75 Å². The Bertz CT molecular complexity index is 593. The summed E-state index contributed by atoms with van der Waals surface area (Å²) in [6, 6.07) is 15.4. The van der Waals surface area contributed by atoms with E-state index in [4.69, 9.17) is 4.74 Å². The van der Waals surface area contributed by atoms with Gasteiger partial charge in [-0.1, -0.05) is 24.6 Å². The molecule has 0 aliphatic rings. The van der Waals surface area contributed by atoms with Crippen molar-refractivity contribution < 1.29 is 9.53 Å². The average molecular weight is 395 g/mol. The van der Waals surface area contributed by atoms with Crippen LogP contribution in [0.2, 0.25) is 0 Å². The first-order chi connectivity index (χ1) is 10.1. The SMILES string of the molecule is CC[C@@H](Oc1ccc(C)cc1)C(=O)Nc1ccc(I)cc1. The number of nitrogens with one attached hydrogen (secondary N) is 1. The molecule has 1 atom stereocenters. The number of halogens is 1. The summed E-state index contributed by atoms with van der Waals surface area (Å²) < 4.78 is 6.90. The molecule has 0 saturated carbocycles. The summed E-state index contributed by atoms with van der Waals surface area (Å²) in [5.41, 5.74) is 1.95. The zero-order chi connectivity index (χ0) is 15.2. The van der Waals surface area contributed by atoms with Crippen molar-refractivity contribution in [3.05, 3.63) is 57.7 Å². The predicted octanol–water partition coefficient (Wildman–Crippen LogP) is 4.40. The highest BCUT2D eigenvalue weighted by Crippen LogP contribution is 2.16. The third-order valence-electron chi connectivity index (χ3n) is 3.07. The van der Waals surface area contributed by atoms with E-state index in [9.17, 15) is 4.79 Å². The Balaban J connectivity index is 2.01. The van der Waals surface area contributed by atoms with Crippen LogP contribution in [-0.2, 0) is 4.79 Å². The lowest BCUT2D eigenvalue weighted by atomic mass is 10.2. The van der Waals surface area contributed by atoms with Crippen LogP contribution < -0.4 is 10.1 Å². The molecular formula is C17H18INO2. The third kappa shape index (κ3) is 4.74. The monoisotopic (exact) mass is 395 g/mol. The van der Waals surface area contributed by atoms with Gasteiger partial charge in [0, 0.05) is 9.26 Å². The summed E-state index contributed by atoms with van der Waals surface area (Å²) >= 11 is 2.23. The third-order valence-corrected chi connectivity index (χ3v) is 3.79. The molecule has 2 rings (SSSR count). The quantitative estimate of drug-likeness (QED) is 0.763. The molecule has 2 aromatic carbocycles. The maximum atomic E-state index is 12.3. The molecule has 0 aliphatic carbocycles. The predicted molar refractivity (Wildman–Crippen MR) is 93.7 cm³/mol. The van der Waals surface area contributed by atoms with Crippen LogP contribution in [-0.4, -0.2) is 12.0 Å². The summed E-state index contributed by atoms with van der Waals surface area (Å²) in [7, 11) is 0. The van der Waals surface area contributed by atoms with E-state index in [1.165, 1.54) is 5.56 Å². The highest BCUT2D eigenvalue weighted by Gasteiger charge is 2.18. The summed E-state index contributed by atoms with van der Waals surface area (Å²) in [5, 5.41) is 2.88. The highest BCUT2D eigenvalue weighted by atomic mass is 127. The zero-order valence-corrected chi connectivity index (χ0v) is 14.3. The van der Waals surface area contributed by atoms with Gasteiger partial charge >= 0.3 is 0 Å². The van der Waals surface area contributed by atoms with Gasteiger partial charge in [0.15, 0.2) is 6.10 Å². The van der Waals surface area contributed by atoms with Crippen LogP contribution in [0.3, 0.4) is 0 Å². The number of aryl methyl sites for hydroxylation is 1. The first kappa shape index (κ1) is 15.8. The molecule has 0 radical (unpaired) electrons. The van der Waals surface area contributed by atoms with Crippen LogP contribution in [0.25, 0.3) is 0 Å². The van der Waals surface area contributed by atoms with Crippen LogP contribution in [0.15, 0.2) is 48.5 Å². The molecule has 0 spiro atoms. The Hall–Kier alpha value is -1.56. The van der Waals surface area contributed by atoms with Crippen molar-refractivity contribution in [3.63, 3.8) is 0 Å². The first-order valence-electron chi connectivity index (χ1n) is 6.88. The Morgan fingerprint density at radius 3 is 2.33 bits per heavy atom. The van der Waals surface area contributed by atoms with E-state index in [0.717, 1.165) is 9.26 Å². The van der Waals surface area contributed by atoms with Gasteiger partial charge in [0.05, 0.1) is 0 Å². The van der Waals surface area contributed by atoms with Crippen molar-refractivity contribution in [3.8, 4) is 5.75 Å². The molecule has 0 aliphatic heterocycles. The smallest absolute Gasteiger partial charge is 0.265 e.